The Labute approximate surface area is 123 Å². The lowest BCUT2D eigenvalue weighted by Crippen LogP contribution is -2.39. The first kappa shape index (κ1) is 15.3. The SMILES string of the molecule is CSc1nc(C)nc(C)c1C(=O)NC1CCCC1CO. The predicted molar refractivity (Wildman–Crippen MR) is 79.0 cm³/mol. The maximum atomic E-state index is 12.5. The number of nitrogens with one attached hydrogen (secondary N) is 1. The summed E-state index contributed by atoms with van der Waals surface area (Å²) in [4.78, 5) is 21.1. The molecule has 0 bridgehead atoms. The largest absolute Gasteiger partial charge is 0.396 e. The Kier molecular flexibility index (Phi) is 4.99. The molecule has 2 unspecified atom stereocenters. The number of rotatable bonds is 4. The van der Waals surface area contributed by atoms with Crippen LogP contribution in [0.2, 0.25) is 0 Å². The molecule has 2 rings (SSSR count). The quantitative estimate of drug-likeness (QED) is 0.653. The molecule has 2 atom stereocenters. The number of hydrogen-bond donors (Lipinski definition) is 2. The summed E-state index contributed by atoms with van der Waals surface area (Å²) >= 11 is 1.46. The van der Waals surface area contributed by atoms with E-state index in [1.54, 1.807) is 0 Å². The van der Waals surface area contributed by atoms with Gasteiger partial charge in [-0.1, -0.05) is 6.42 Å². The summed E-state index contributed by atoms with van der Waals surface area (Å²) in [6.45, 7) is 3.79. The van der Waals surface area contributed by atoms with Crippen molar-refractivity contribution in [3.63, 3.8) is 0 Å². The average Bonchev–Trinajstić information content (AvgIpc) is 2.84. The Morgan fingerprint density at radius 3 is 2.80 bits per heavy atom. The predicted octanol–water partition coefficient (Wildman–Crippen LogP) is 1.71. The summed E-state index contributed by atoms with van der Waals surface area (Å²) < 4.78 is 0. The van der Waals surface area contributed by atoms with Crippen LogP contribution in [0.25, 0.3) is 0 Å². The Morgan fingerprint density at radius 2 is 2.15 bits per heavy atom. The van der Waals surface area contributed by atoms with E-state index in [-0.39, 0.29) is 24.5 Å². The topological polar surface area (TPSA) is 75.1 Å². The van der Waals surface area contributed by atoms with Crippen molar-refractivity contribution < 1.29 is 9.90 Å². The molecule has 1 aliphatic carbocycles. The molecule has 1 amide bonds. The number of aliphatic hydroxyl groups excluding tert-OH is 1. The van der Waals surface area contributed by atoms with Crippen LogP contribution >= 0.6 is 11.8 Å². The summed E-state index contributed by atoms with van der Waals surface area (Å²) in [6.07, 6.45) is 4.86. The number of aryl methyl sites for hydroxylation is 2. The minimum absolute atomic E-state index is 0.0582. The van der Waals surface area contributed by atoms with Crippen LogP contribution in [0.15, 0.2) is 5.03 Å². The molecular weight excluding hydrogens is 274 g/mol. The smallest absolute Gasteiger partial charge is 0.256 e. The second-order valence-electron chi connectivity index (χ2n) is 5.19. The molecule has 20 heavy (non-hydrogen) atoms. The van der Waals surface area contributed by atoms with Gasteiger partial charge in [-0.25, -0.2) is 9.97 Å². The van der Waals surface area contributed by atoms with Crippen LogP contribution in [-0.4, -0.2) is 39.9 Å². The van der Waals surface area contributed by atoms with E-state index >= 15 is 0 Å². The molecule has 2 N–H and O–H groups in total. The molecular formula is C14H21N3O2S. The number of carbonyl (C=O) groups is 1. The molecule has 1 aliphatic rings. The number of thioether (sulfide) groups is 1. The van der Waals surface area contributed by atoms with Gasteiger partial charge in [0.05, 0.1) is 11.3 Å². The molecule has 110 valence electrons. The van der Waals surface area contributed by atoms with Crippen molar-refractivity contribution in [3.05, 3.63) is 17.1 Å². The maximum absolute atomic E-state index is 12.5. The summed E-state index contributed by atoms with van der Waals surface area (Å²) in [5.74, 6) is 0.720. The molecule has 0 aliphatic heterocycles. The lowest BCUT2D eigenvalue weighted by Gasteiger charge is -2.20. The first-order valence-electron chi connectivity index (χ1n) is 6.87. The highest BCUT2D eigenvalue weighted by Crippen LogP contribution is 2.26. The van der Waals surface area contributed by atoms with Gasteiger partial charge in [0, 0.05) is 18.6 Å². The lowest BCUT2D eigenvalue weighted by atomic mass is 10.0. The fourth-order valence-corrected chi connectivity index (χ4v) is 3.44. The zero-order valence-corrected chi connectivity index (χ0v) is 13.0. The van der Waals surface area contributed by atoms with E-state index in [9.17, 15) is 9.90 Å². The Bertz CT molecular complexity index is 507. The van der Waals surface area contributed by atoms with Gasteiger partial charge >= 0.3 is 0 Å². The van der Waals surface area contributed by atoms with Gasteiger partial charge in [-0.2, -0.15) is 0 Å². The molecule has 6 heteroatoms. The molecule has 1 aromatic heterocycles. The van der Waals surface area contributed by atoms with Gasteiger partial charge in [0.25, 0.3) is 5.91 Å². The van der Waals surface area contributed by atoms with E-state index in [0.717, 1.165) is 19.3 Å². The molecule has 0 aromatic carbocycles. The van der Waals surface area contributed by atoms with E-state index in [2.05, 4.69) is 15.3 Å². The second-order valence-corrected chi connectivity index (χ2v) is 5.99. The number of carbonyl (C=O) groups excluding carboxylic acids is 1. The fraction of sp³-hybridized carbons (Fsp3) is 0.643. The monoisotopic (exact) mass is 295 g/mol. The lowest BCUT2D eigenvalue weighted by molar-refractivity contribution is 0.0911. The Hall–Kier alpha value is -1.14. The van der Waals surface area contributed by atoms with Crippen molar-refractivity contribution in [2.45, 2.75) is 44.2 Å². The molecule has 0 saturated heterocycles. The third kappa shape index (κ3) is 3.12. The van der Waals surface area contributed by atoms with Gasteiger partial charge in [-0.3, -0.25) is 4.79 Å². The molecule has 1 saturated carbocycles. The zero-order valence-electron chi connectivity index (χ0n) is 12.1. The normalized spacial score (nSPS) is 22.0. The van der Waals surface area contributed by atoms with Crippen LogP contribution in [0.4, 0.5) is 0 Å². The molecule has 1 aromatic rings. The van der Waals surface area contributed by atoms with Crippen molar-refractivity contribution in [2.24, 2.45) is 5.92 Å². The third-order valence-electron chi connectivity index (χ3n) is 3.80. The number of aromatic nitrogens is 2. The zero-order chi connectivity index (χ0) is 14.7. The van der Waals surface area contributed by atoms with Gasteiger partial charge in [0.15, 0.2) is 0 Å². The molecule has 1 heterocycles. The summed E-state index contributed by atoms with van der Waals surface area (Å²) in [7, 11) is 0. The second kappa shape index (κ2) is 6.54. The standard InChI is InChI=1S/C14H21N3O2S/c1-8-12(14(20-3)16-9(2)15-8)13(19)17-11-6-4-5-10(11)7-18/h10-11,18H,4-7H2,1-3H3,(H,17,19). The van der Waals surface area contributed by atoms with Gasteiger partial charge in [-0.05, 0) is 32.9 Å². The first-order chi connectivity index (χ1) is 9.56. The maximum Gasteiger partial charge on any atom is 0.256 e. The highest BCUT2D eigenvalue weighted by atomic mass is 32.2. The number of nitrogens with zero attached hydrogens (tertiary/aromatic N) is 2. The van der Waals surface area contributed by atoms with Crippen molar-refractivity contribution in [3.8, 4) is 0 Å². The number of amides is 1. The van der Waals surface area contributed by atoms with Gasteiger partial charge in [0.2, 0.25) is 0 Å². The summed E-state index contributed by atoms with van der Waals surface area (Å²) in [6, 6.07) is 0.0582. The average molecular weight is 295 g/mol. The van der Waals surface area contributed by atoms with Crippen molar-refractivity contribution >= 4 is 17.7 Å². The summed E-state index contributed by atoms with van der Waals surface area (Å²) in [5, 5.41) is 13.1. The molecule has 1 fully saturated rings. The van der Waals surface area contributed by atoms with Crippen LogP contribution in [0, 0.1) is 19.8 Å². The fourth-order valence-electron chi connectivity index (χ4n) is 2.78. The molecule has 0 spiro atoms. The number of hydrogen-bond acceptors (Lipinski definition) is 5. The van der Waals surface area contributed by atoms with Crippen LogP contribution in [-0.2, 0) is 0 Å². The third-order valence-corrected chi connectivity index (χ3v) is 4.48. The van der Waals surface area contributed by atoms with Gasteiger partial charge in [0.1, 0.15) is 10.9 Å². The van der Waals surface area contributed by atoms with Crippen LogP contribution in [0.3, 0.4) is 0 Å². The van der Waals surface area contributed by atoms with Crippen LogP contribution < -0.4 is 5.32 Å². The van der Waals surface area contributed by atoms with E-state index in [1.165, 1.54) is 11.8 Å². The highest BCUT2D eigenvalue weighted by Gasteiger charge is 2.29. The van der Waals surface area contributed by atoms with Crippen LogP contribution in [0.5, 0.6) is 0 Å². The van der Waals surface area contributed by atoms with Crippen molar-refractivity contribution in [2.75, 3.05) is 12.9 Å². The Morgan fingerprint density at radius 1 is 1.40 bits per heavy atom. The highest BCUT2D eigenvalue weighted by molar-refractivity contribution is 7.98. The van der Waals surface area contributed by atoms with E-state index in [0.29, 0.717) is 22.1 Å². The van der Waals surface area contributed by atoms with E-state index in [4.69, 9.17) is 0 Å². The first-order valence-corrected chi connectivity index (χ1v) is 8.10. The Balaban J connectivity index is 2.21. The van der Waals surface area contributed by atoms with Gasteiger partial charge in [-0.15, -0.1) is 11.8 Å². The van der Waals surface area contributed by atoms with E-state index in [1.807, 2.05) is 20.1 Å². The van der Waals surface area contributed by atoms with Crippen LogP contribution in [0.1, 0.15) is 41.1 Å². The molecule has 5 nitrogen and oxygen atoms in total. The number of aliphatic hydroxyl groups is 1. The summed E-state index contributed by atoms with van der Waals surface area (Å²) in [5.41, 5.74) is 1.27. The van der Waals surface area contributed by atoms with Crippen molar-refractivity contribution in [1.29, 1.82) is 0 Å². The molecule has 0 radical (unpaired) electrons. The van der Waals surface area contributed by atoms with E-state index < -0.39 is 0 Å². The minimum atomic E-state index is -0.128. The minimum Gasteiger partial charge on any atom is -0.396 e. The van der Waals surface area contributed by atoms with Gasteiger partial charge < -0.3 is 10.4 Å². The van der Waals surface area contributed by atoms with Crippen molar-refractivity contribution in [1.82, 2.24) is 15.3 Å².